The molecule has 0 aromatic carbocycles. The molecule has 0 nitrogen and oxygen atoms in total. The van der Waals surface area contributed by atoms with Crippen LogP contribution in [0.3, 0.4) is 0 Å². The minimum Gasteiger partial charge on any atom is -0.133 e. The predicted molar refractivity (Wildman–Crippen MR) is 30.4 cm³/mol. The van der Waals surface area contributed by atoms with Crippen molar-refractivity contribution in [2.24, 2.45) is 0 Å². The largest absolute Gasteiger partial charge is 0.133 e. The molecular weight excluding hydrogens is 112 g/mol. The maximum atomic E-state index is 4.02. The van der Waals surface area contributed by atoms with E-state index in [0.717, 1.165) is 4.21 Å². The van der Waals surface area contributed by atoms with Crippen molar-refractivity contribution in [1.29, 1.82) is 0 Å². The Morgan fingerprint density at radius 3 is 2.83 bits per heavy atom. The Morgan fingerprint density at radius 1 is 1.83 bits per heavy atom. The molecule has 0 aliphatic carbocycles. The smallest absolute Gasteiger partial charge is 0.0574 e. The molecular formula is C4H3S2. The average Bonchev–Trinajstić information content (AvgIpc) is 1.86. The zero-order valence-electron chi connectivity index (χ0n) is 3.01. The summed E-state index contributed by atoms with van der Waals surface area (Å²) < 4.78 is 1.02. The molecule has 0 bridgehead atoms. The first-order valence-corrected chi connectivity index (χ1v) is 2.81. The molecule has 1 heterocycles. The van der Waals surface area contributed by atoms with Crippen LogP contribution < -0.4 is 0 Å². The van der Waals surface area contributed by atoms with Crippen LogP contribution in [0.25, 0.3) is 0 Å². The summed E-state index contributed by atoms with van der Waals surface area (Å²) in [5, 5.41) is 2.89. The fraction of sp³-hybridized carbons (Fsp3) is 0. The Morgan fingerprint density at radius 2 is 2.67 bits per heavy atom. The van der Waals surface area contributed by atoms with Gasteiger partial charge in [-0.05, 0) is 12.1 Å². The Labute approximate surface area is 46.2 Å². The van der Waals surface area contributed by atoms with Gasteiger partial charge in [-0.15, -0.1) is 24.0 Å². The van der Waals surface area contributed by atoms with E-state index in [9.17, 15) is 0 Å². The third kappa shape index (κ3) is 0.758. The van der Waals surface area contributed by atoms with Gasteiger partial charge in [-0.25, -0.2) is 0 Å². The predicted octanol–water partition coefficient (Wildman–Crippen LogP) is 1.84. The quantitative estimate of drug-likeness (QED) is 0.490. The van der Waals surface area contributed by atoms with E-state index in [1.54, 1.807) is 0 Å². The van der Waals surface area contributed by atoms with Crippen LogP contribution in [-0.4, -0.2) is 0 Å². The second-order valence-corrected chi connectivity index (χ2v) is 2.56. The van der Waals surface area contributed by atoms with Gasteiger partial charge in [0.2, 0.25) is 0 Å². The maximum Gasteiger partial charge on any atom is 0.0574 e. The van der Waals surface area contributed by atoms with E-state index in [4.69, 9.17) is 0 Å². The van der Waals surface area contributed by atoms with Crippen molar-refractivity contribution in [1.82, 2.24) is 0 Å². The standard InChI is InChI=1S/C4H3S2/c5-4-2-1-3-6-4/h1-2,5H. The first-order valence-electron chi connectivity index (χ1n) is 1.54. The Balaban J connectivity index is 3.05. The number of thiol groups is 1. The molecule has 1 rings (SSSR count). The fourth-order valence-electron chi connectivity index (χ4n) is 0.234. The van der Waals surface area contributed by atoms with Crippen molar-refractivity contribution in [2.45, 2.75) is 4.21 Å². The first-order chi connectivity index (χ1) is 2.89. The van der Waals surface area contributed by atoms with E-state index < -0.39 is 0 Å². The van der Waals surface area contributed by atoms with Crippen molar-refractivity contribution < 1.29 is 0 Å². The third-order valence-corrected chi connectivity index (χ3v) is 1.48. The highest BCUT2D eigenvalue weighted by Gasteiger charge is 1.76. The Hall–Kier alpha value is 0.0500. The molecule has 0 fully saturated rings. The van der Waals surface area contributed by atoms with Gasteiger partial charge >= 0.3 is 0 Å². The summed E-state index contributed by atoms with van der Waals surface area (Å²) in [5.74, 6) is 0. The van der Waals surface area contributed by atoms with Gasteiger partial charge in [0, 0.05) is 5.38 Å². The van der Waals surface area contributed by atoms with Crippen molar-refractivity contribution >= 4 is 24.0 Å². The highest BCUT2D eigenvalue weighted by atomic mass is 32.2. The summed E-state index contributed by atoms with van der Waals surface area (Å²) in [7, 11) is 0. The van der Waals surface area contributed by atoms with Crippen LogP contribution in [0.5, 0.6) is 0 Å². The summed E-state index contributed by atoms with van der Waals surface area (Å²) >= 11 is 5.54. The average molecular weight is 115 g/mol. The second kappa shape index (κ2) is 1.67. The lowest BCUT2D eigenvalue weighted by Gasteiger charge is -1.64. The van der Waals surface area contributed by atoms with Crippen molar-refractivity contribution in [3.05, 3.63) is 17.5 Å². The van der Waals surface area contributed by atoms with Crippen LogP contribution in [-0.2, 0) is 0 Å². The van der Waals surface area contributed by atoms with Crippen LogP contribution in [0.15, 0.2) is 16.3 Å². The van der Waals surface area contributed by atoms with E-state index in [1.165, 1.54) is 11.3 Å². The molecule has 0 N–H and O–H groups in total. The molecule has 0 unspecified atom stereocenters. The molecule has 0 saturated heterocycles. The maximum absolute atomic E-state index is 4.02. The molecule has 6 heavy (non-hydrogen) atoms. The van der Waals surface area contributed by atoms with Gasteiger partial charge in [0.15, 0.2) is 0 Å². The van der Waals surface area contributed by atoms with Gasteiger partial charge < -0.3 is 0 Å². The van der Waals surface area contributed by atoms with E-state index in [1.807, 2.05) is 12.1 Å². The van der Waals surface area contributed by atoms with Crippen molar-refractivity contribution in [3.8, 4) is 0 Å². The van der Waals surface area contributed by atoms with Gasteiger partial charge in [-0.1, -0.05) is 0 Å². The summed E-state index contributed by atoms with van der Waals surface area (Å²) in [4.78, 5) is 0. The van der Waals surface area contributed by atoms with Crippen molar-refractivity contribution in [2.75, 3.05) is 0 Å². The number of thiophene rings is 1. The summed E-state index contributed by atoms with van der Waals surface area (Å²) in [6.45, 7) is 0. The lowest BCUT2D eigenvalue weighted by atomic mass is 10.7. The summed E-state index contributed by atoms with van der Waals surface area (Å²) in [6, 6.07) is 3.76. The zero-order chi connectivity index (χ0) is 4.41. The highest BCUT2D eigenvalue weighted by molar-refractivity contribution is 7.82. The molecule has 0 spiro atoms. The topological polar surface area (TPSA) is 0 Å². The third-order valence-electron chi connectivity index (χ3n) is 0.457. The summed E-state index contributed by atoms with van der Waals surface area (Å²) in [5.41, 5.74) is 0. The molecule has 0 amide bonds. The minimum absolute atomic E-state index is 1.02. The molecule has 1 aromatic rings. The van der Waals surface area contributed by atoms with Crippen LogP contribution in [0.1, 0.15) is 0 Å². The SMILES string of the molecule is Sc1cc[c]s1. The summed E-state index contributed by atoms with van der Waals surface area (Å²) in [6.07, 6.45) is 0. The van der Waals surface area contributed by atoms with Crippen LogP contribution in [0.4, 0.5) is 0 Å². The molecule has 1 radical (unpaired) electrons. The van der Waals surface area contributed by atoms with E-state index in [2.05, 4.69) is 18.0 Å². The molecule has 0 aliphatic heterocycles. The van der Waals surface area contributed by atoms with Gasteiger partial charge in [0.05, 0.1) is 4.21 Å². The lowest BCUT2D eigenvalue weighted by Crippen LogP contribution is -1.32. The first kappa shape index (κ1) is 4.22. The van der Waals surface area contributed by atoms with E-state index >= 15 is 0 Å². The Bertz CT molecular complexity index is 109. The van der Waals surface area contributed by atoms with Crippen LogP contribution in [0.2, 0.25) is 0 Å². The molecule has 31 valence electrons. The van der Waals surface area contributed by atoms with Gasteiger partial charge in [0.25, 0.3) is 0 Å². The van der Waals surface area contributed by atoms with Crippen LogP contribution in [0, 0.1) is 5.38 Å². The Kier molecular flexibility index (Phi) is 1.17. The van der Waals surface area contributed by atoms with Gasteiger partial charge in [-0.3, -0.25) is 0 Å². The van der Waals surface area contributed by atoms with Crippen molar-refractivity contribution in [3.63, 3.8) is 0 Å². The molecule has 0 atom stereocenters. The minimum atomic E-state index is 1.02. The normalized spacial score (nSPS) is 8.83. The fourth-order valence-corrected chi connectivity index (χ4v) is 0.859. The lowest BCUT2D eigenvalue weighted by molar-refractivity contribution is 1.76. The van der Waals surface area contributed by atoms with Gasteiger partial charge in [-0.2, -0.15) is 0 Å². The highest BCUT2D eigenvalue weighted by Crippen LogP contribution is 2.10. The molecule has 1 aromatic heterocycles. The number of hydrogen-bond donors (Lipinski definition) is 1. The number of rotatable bonds is 0. The molecule has 0 aliphatic rings. The van der Waals surface area contributed by atoms with E-state index in [-0.39, 0.29) is 0 Å². The molecule has 2 heteroatoms. The van der Waals surface area contributed by atoms with Crippen LogP contribution >= 0.6 is 24.0 Å². The molecule has 0 saturated carbocycles. The number of hydrogen-bond acceptors (Lipinski definition) is 2. The van der Waals surface area contributed by atoms with E-state index in [0.29, 0.717) is 0 Å². The second-order valence-electron chi connectivity index (χ2n) is 0.891. The zero-order valence-corrected chi connectivity index (χ0v) is 4.72. The van der Waals surface area contributed by atoms with Gasteiger partial charge in [0.1, 0.15) is 0 Å². The monoisotopic (exact) mass is 115 g/mol.